The van der Waals surface area contributed by atoms with E-state index >= 15 is 0 Å². The summed E-state index contributed by atoms with van der Waals surface area (Å²) in [4.78, 5) is 18.9. The Hall–Kier alpha value is -1.79. The molecule has 1 fully saturated rings. The Balaban J connectivity index is 1.47. The van der Waals surface area contributed by atoms with Crippen molar-refractivity contribution in [3.63, 3.8) is 0 Å². The fourth-order valence-electron chi connectivity index (χ4n) is 3.19. The number of ether oxygens (including phenoxy) is 2. The van der Waals surface area contributed by atoms with E-state index in [0.717, 1.165) is 57.3 Å². The van der Waals surface area contributed by atoms with Gasteiger partial charge in [-0.3, -0.25) is 14.6 Å². The lowest BCUT2D eigenvalue weighted by Crippen LogP contribution is -2.50. The molecule has 6 nitrogen and oxygen atoms in total. The predicted octanol–water partition coefficient (Wildman–Crippen LogP) is 1.40. The second kappa shape index (κ2) is 7.85. The van der Waals surface area contributed by atoms with Crippen LogP contribution in [0.3, 0.4) is 0 Å². The summed E-state index contributed by atoms with van der Waals surface area (Å²) in [6.45, 7) is 11.2. The van der Waals surface area contributed by atoms with Gasteiger partial charge in [0.25, 0.3) is 0 Å². The van der Waals surface area contributed by atoms with Gasteiger partial charge in [-0.25, -0.2) is 0 Å². The van der Waals surface area contributed by atoms with Crippen molar-refractivity contribution < 1.29 is 14.3 Å². The van der Waals surface area contributed by atoms with Crippen LogP contribution in [0, 0.1) is 0 Å². The largest absolute Gasteiger partial charge is 0.454 e. The van der Waals surface area contributed by atoms with E-state index in [9.17, 15) is 4.79 Å². The highest BCUT2D eigenvalue weighted by Crippen LogP contribution is 2.32. The fourth-order valence-corrected chi connectivity index (χ4v) is 3.19. The highest BCUT2D eigenvalue weighted by Gasteiger charge is 2.22. The first kappa shape index (κ1) is 17.0. The molecular weight excluding hydrogens is 306 g/mol. The van der Waals surface area contributed by atoms with Crippen LogP contribution in [0.1, 0.15) is 19.4 Å². The summed E-state index contributed by atoms with van der Waals surface area (Å²) in [5, 5.41) is 0. The maximum Gasteiger partial charge on any atom is 0.236 e. The number of likely N-dealkylation sites (N-methyl/N-ethyl adjacent to an activating group) is 1. The van der Waals surface area contributed by atoms with Crippen molar-refractivity contribution in [2.75, 3.05) is 52.6 Å². The third-order valence-electron chi connectivity index (χ3n) is 4.82. The smallest absolute Gasteiger partial charge is 0.236 e. The van der Waals surface area contributed by atoms with Crippen LogP contribution < -0.4 is 9.47 Å². The lowest BCUT2D eigenvalue weighted by molar-refractivity contribution is -0.134. The maximum absolute atomic E-state index is 12.4. The van der Waals surface area contributed by atoms with Gasteiger partial charge in [0, 0.05) is 32.7 Å². The normalized spacial score (nSPS) is 17.5. The minimum atomic E-state index is 0.251. The summed E-state index contributed by atoms with van der Waals surface area (Å²) in [5.41, 5.74) is 1.22. The highest BCUT2D eigenvalue weighted by atomic mass is 16.7. The van der Waals surface area contributed by atoms with Gasteiger partial charge in [0.2, 0.25) is 12.7 Å². The van der Waals surface area contributed by atoms with Crippen molar-refractivity contribution >= 4 is 5.91 Å². The SMILES string of the molecule is CCN(CC)CC(=O)N1CCN(Cc2ccc3c(c2)OCO3)CC1. The monoisotopic (exact) mass is 333 g/mol. The van der Waals surface area contributed by atoms with Gasteiger partial charge >= 0.3 is 0 Å². The molecule has 0 unspecified atom stereocenters. The Morgan fingerprint density at radius 3 is 2.50 bits per heavy atom. The summed E-state index contributed by atoms with van der Waals surface area (Å²) in [5.74, 6) is 1.91. The average Bonchev–Trinajstić information content (AvgIpc) is 3.08. The van der Waals surface area contributed by atoms with E-state index in [4.69, 9.17) is 9.47 Å². The highest BCUT2D eigenvalue weighted by molar-refractivity contribution is 5.78. The first-order valence-corrected chi connectivity index (χ1v) is 8.80. The minimum absolute atomic E-state index is 0.251. The molecule has 0 atom stereocenters. The van der Waals surface area contributed by atoms with Crippen LogP contribution >= 0.6 is 0 Å². The van der Waals surface area contributed by atoms with Crippen LogP contribution in [0.2, 0.25) is 0 Å². The summed E-state index contributed by atoms with van der Waals surface area (Å²) in [6, 6.07) is 6.12. The Labute approximate surface area is 143 Å². The van der Waals surface area contributed by atoms with Crippen LogP contribution in [-0.4, -0.2) is 73.2 Å². The lowest BCUT2D eigenvalue weighted by atomic mass is 10.1. The van der Waals surface area contributed by atoms with E-state index in [1.54, 1.807) is 0 Å². The van der Waals surface area contributed by atoms with Gasteiger partial charge in [-0.05, 0) is 30.8 Å². The van der Waals surface area contributed by atoms with Gasteiger partial charge in [-0.2, -0.15) is 0 Å². The predicted molar refractivity (Wildman–Crippen MR) is 92.2 cm³/mol. The average molecular weight is 333 g/mol. The minimum Gasteiger partial charge on any atom is -0.454 e. The molecule has 2 heterocycles. The van der Waals surface area contributed by atoms with Gasteiger partial charge in [0.15, 0.2) is 11.5 Å². The van der Waals surface area contributed by atoms with E-state index in [1.165, 1.54) is 5.56 Å². The molecule has 1 aromatic carbocycles. The Morgan fingerprint density at radius 1 is 1.08 bits per heavy atom. The van der Waals surface area contributed by atoms with Gasteiger partial charge in [0.1, 0.15) is 0 Å². The summed E-state index contributed by atoms with van der Waals surface area (Å²) in [7, 11) is 0. The molecule has 6 heteroatoms. The van der Waals surface area contributed by atoms with Gasteiger partial charge in [0.05, 0.1) is 6.54 Å². The van der Waals surface area contributed by atoms with Crippen molar-refractivity contribution in [2.24, 2.45) is 0 Å². The number of nitrogens with zero attached hydrogens (tertiary/aromatic N) is 3. The molecule has 0 saturated carbocycles. The van der Waals surface area contributed by atoms with Crippen molar-refractivity contribution in [3.8, 4) is 11.5 Å². The van der Waals surface area contributed by atoms with Gasteiger partial charge in [-0.15, -0.1) is 0 Å². The van der Waals surface area contributed by atoms with E-state index in [2.05, 4.69) is 35.8 Å². The molecule has 24 heavy (non-hydrogen) atoms. The third kappa shape index (κ3) is 3.99. The lowest BCUT2D eigenvalue weighted by Gasteiger charge is -2.35. The number of carbonyl (C=O) groups is 1. The van der Waals surface area contributed by atoms with Crippen LogP contribution in [0.15, 0.2) is 18.2 Å². The van der Waals surface area contributed by atoms with E-state index in [-0.39, 0.29) is 5.91 Å². The number of hydrogen-bond acceptors (Lipinski definition) is 5. The fraction of sp³-hybridized carbons (Fsp3) is 0.611. The number of hydrogen-bond donors (Lipinski definition) is 0. The quantitative estimate of drug-likeness (QED) is 0.787. The Bertz CT molecular complexity index is 567. The first-order chi connectivity index (χ1) is 11.7. The zero-order valence-electron chi connectivity index (χ0n) is 14.7. The molecule has 1 saturated heterocycles. The number of rotatable bonds is 6. The van der Waals surface area contributed by atoms with Crippen LogP contribution in [0.25, 0.3) is 0 Å². The topological polar surface area (TPSA) is 45.3 Å². The molecule has 2 aliphatic heterocycles. The molecule has 2 aliphatic rings. The van der Waals surface area contributed by atoms with E-state index < -0.39 is 0 Å². The molecule has 0 bridgehead atoms. The number of piperazine rings is 1. The van der Waals surface area contributed by atoms with Crippen LogP contribution in [0.5, 0.6) is 11.5 Å². The summed E-state index contributed by atoms with van der Waals surface area (Å²) < 4.78 is 10.8. The van der Waals surface area contributed by atoms with E-state index in [1.807, 2.05) is 11.0 Å². The Kier molecular flexibility index (Phi) is 5.58. The van der Waals surface area contributed by atoms with Crippen molar-refractivity contribution in [1.29, 1.82) is 0 Å². The molecule has 132 valence electrons. The van der Waals surface area contributed by atoms with Crippen LogP contribution in [-0.2, 0) is 11.3 Å². The zero-order chi connectivity index (χ0) is 16.9. The number of carbonyl (C=O) groups excluding carboxylic acids is 1. The number of benzene rings is 1. The molecule has 1 amide bonds. The molecule has 3 rings (SSSR count). The number of amides is 1. The molecule has 1 aromatic rings. The number of fused-ring (bicyclic) bond motifs is 1. The molecule has 0 spiro atoms. The van der Waals surface area contributed by atoms with Gasteiger partial charge in [-0.1, -0.05) is 19.9 Å². The van der Waals surface area contributed by atoms with Gasteiger partial charge < -0.3 is 14.4 Å². The molecule has 0 aliphatic carbocycles. The molecule has 0 aromatic heterocycles. The molecule has 0 N–H and O–H groups in total. The second-order valence-electron chi connectivity index (χ2n) is 6.31. The molecular formula is C18H27N3O3. The third-order valence-corrected chi connectivity index (χ3v) is 4.82. The van der Waals surface area contributed by atoms with Crippen molar-refractivity contribution in [2.45, 2.75) is 20.4 Å². The molecule has 0 radical (unpaired) electrons. The van der Waals surface area contributed by atoms with Crippen LogP contribution in [0.4, 0.5) is 0 Å². The maximum atomic E-state index is 12.4. The van der Waals surface area contributed by atoms with E-state index in [0.29, 0.717) is 13.3 Å². The zero-order valence-corrected chi connectivity index (χ0v) is 14.7. The summed E-state index contributed by atoms with van der Waals surface area (Å²) in [6.07, 6.45) is 0. The van der Waals surface area contributed by atoms with Crippen molar-refractivity contribution in [3.05, 3.63) is 23.8 Å². The second-order valence-corrected chi connectivity index (χ2v) is 6.31. The summed E-state index contributed by atoms with van der Waals surface area (Å²) >= 11 is 0. The first-order valence-electron chi connectivity index (χ1n) is 8.80. The van der Waals surface area contributed by atoms with Crippen molar-refractivity contribution in [1.82, 2.24) is 14.7 Å². The standard InChI is InChI=1S/C18H27N3O3/c1-3-19(4-2)13-18(22)21-9-7-20(8-10-21)12-15-5-6-16-17(11-15)24-14-23-16/h5-6,11H,3-4,7-10,12-14H2,1-2H3. The Morgan fingerprint density at radius 2 is 1.79 bits per heavy atom.